The Kier molecular flexibility index (Phi) is 39.7. The number of likely N-dealkylation sites (tertiary alicyclic amines) is 4. The van der Waals surface area contributed by atoms with Crippen LogP contribution in [0.2, 0.25) is 0 Å². The Morgan fingerprint density at radius 2 is 0.481 bits per heavy atom. The van der Waals surface area contributed by atoms with E-state index in [2.05, 4.69) is 130 Å². The first kappa shape index (κ1) is 58.5. The summed E-state index contributed by atoms with van der Waals surface area (Å²) >= 11 is 0. The molecule has 4 heteroatoms. The molecule has 4 nitrogen and oxygen atoms in total. The first-order chi connectivity index (χ1) is 24.4. The lowest BCUT2D eigenvalue weighted by molar-refractivity contribution is 0.0408. The maximum atomic E-state index is 2.60. The molecule has 0 saturated carbocycles. The van der Waals surface area contributed by atoms with Crippen molar-refractivity contribution in [3.05, 3.63) is 0 Å². The van der Waals surface area contributed by atoms with Gasteiger partial charge in [-0.3, -0.25) is 0 Å². The van der Waals surface area contributed by atoms with Gasteiger partial charge in [0.05, 0.1) is 0 Å². The average Bonchev–Trinajstić information content (AvgIpc) is 3.81. The molecule has 0 aliphatic carbocycles. The topological polar surface area (TPSA) is 13.0 Å². The van der Waals surface area contributed by atoms with Crippen LogP contribution in [-0.2, 0) is 0 Å². The van der Waals surface area contributed by atoms with Gasteiger partial charge in [-0.25, -0.2) is 0 Å². The van der Waals surface area contributed by atoms with Crippen LogP contribution in [0.1, 0.15) is 192 Å². The summed E-state index contributed by atoms with van der Waals surface area (Å²) in [5.74, 6) is 7.39. The Morgan fingerprint density at radius 1 is 0.269 bits per heavy atom. The Labute approximate surface area is 334 Å². The molecule has 0 bridgehead atoms. The Morgan fingerprint density at radius 3 is 0.673 bits per heavy atom. The lowest BCUT2D eigenvalue weighted by atomic mass is 9.86. The molecule has 4 saturated heterocycles. The minimum absolute atomic E-state index is 0.748. The second-order valence-electron chi connectivity index (χ2n) is 17.5. The summed E-state index contributed by atoms with van der Waals surface area (Å²) < 4.78 is 0. The van der Waals surface area contributed by atoms with Gasteiger partial charge in [0.25, 0.3) is 0 Å². The van der Waals surface area contributed by atoms with E-state index in [1.165, 1.54) is 78.0 Å². The van der Waals surface area contributed by atoms with Gasteiger partial charge in [0.15, 0.2) is 0 Å². The molecule has 4 aliphatic heterocycles. The van der Waals surface area contributed by atoms with Crippen LogP contribution in [-0.4, -0.2) is 96.1 Å². The molecular weight excluding hydrogens is 633 g/mol. The summed E-state index contributed by atoms with van der Waals surface area (Å²) in [6.07, 6.45) is 5.65. The highest BCUT2D eigenvalue weighted by Gasteiger charge is 2.30. The molecule has 4 rings (SSSR count). The molecule has 1 unspecified atom stereocenters. The molecular formula is C48H108N4. The van der Waals surface area contributed by atoms with E-state index in [9.17, 15) is 0 Å². The van der Waals surface area contributed by atoms with Gasteiger partial charge < -0.3 is 19.6 Å². The molecule has 320 valence electrons. The number of hydrogen-bond acceptors (Lipinski definition) is 4. The van der Waals surface area contributed by atoms with Gasteiger partial charge in [-0.05, 0) is 155 Å². The van der Waals surface area contributed by atoms with Crippen LogP contribution in [0.4, 0.5) is 0 Å². The van der Waals surface area contributed by atoms with Crippen molar-refractivity contribution in [3.8, 4) is 0 Å². The van der Waals surface area contributed by atoms with Crippen molar-refractivity contribution < 1.29 is 0 Å². The third-order valence-electron chi connectivity index (χ3n) is 11.7. The van der Waals surface area contributed by atoms with Gasteiger partial charge in [0.1, 0.15) is 0 Å². The highest BCUT2D eigenvalue weighted by Crippen LogP contribution is 2.27. The van der Waals surface area contributed by atoms with E-state index in [-0.39, 0.29) is 0 Å². The summed E-state index contributed by atoms with van der Waals surface area (Å²) in [5, 5.41) is 0. The fourth-order valence-electron chi connectivity index (χ4n) is 7.15. The van der Waals surface area contributed by atoms with Crippen LogP contribution in [0.5, 0.6) is 0 Å². The Balaban J connectivity index is -0.000000277. The van der Waals surface area contributed by atoms with Gasteiger partial charge in [0.2, 0.25) is 0 Å². The van der Waals surface area contributed by atoms with Gasteiger partial charge in [-0.15, -0.1) is 0 Å². The van der Waals surface area contributed by atoms with E-state index in [1.807, 2.05) is 55.4 Å². The highest BCUT2D eigenvalue weighted by atomic mass is 15.2. The van der Waals surface area contributed by atoms with Crippen LogP contribution < -0.4 is 0 Å². The van der Waals surface area contributed by atoms with Crippen LogP contribution in [0.3, 0.4) is 0 Å². The molecule has 0 amide bonds. The van der Waals surface area contributed by atoms with Crippen LogP contribution in [0.15, 0.2) is 0 Å². The number of nitrogens with zero attached hydrogens (tertiary/aromatic N) is 4. The summed E-state index contributed by atoms with van der Waals surface area (Å²) in [7, 11) is 0. The van der Waals surface area contributed by atoms with E-state index in [1.54, 1.807) is 0 Å². The Hall–Kier alpha value is -0.160. The van der Waals surface area contributed by atoms with E-state index in [0.29, 0.717) is 0 Å². The third kappa shape index (κ3) is 25.8. The first-order valence-electron chi connectivity index (χ1n) is 23.4. The van der Waals surface area contributed by atoms with Crippen LogP contribution in [0, 0.1) is 47.3 Å². The monoisotopic (exact) mass is 741 g/mol. The SMILES string of the molecule is CC.CC.CC.CC.CC(C)C1CCN(C(C)C)C1.CC(C)C1CCN(C(C)C)CC1.CC(C)C1CN(C(C)C)C1.CC(C)[C@H]1CCN(C(C)C)C1. The summed E-state index contributed by atoms with van der Waals surface area (Å²) in [6.45, 7) is 63.6. The average molecular weight is 741 g/mol. The van der Waals surface area contributed by atoms with Crippen molar-refractivity contribution >= 4 is 0 Å². The second-order valence-corrected chi connectivity index (χ2v) is 17.5. The third-order valence-corrected chi connectivity index (χ3v) is 11.7. The zero-order chi connectivity index (χ0) is 41.7. The minimum Gasteiger partial charge on any atom is -0.301 e. The molecule has 4 fully saturated rings. The molecule has 0 aromatic carbocycles. The van der Waals surface area contributed by atoms with Gasteiger partial charge in [0, 0.05) is 50.3 Å². The minimum atomic E-state index is 0.748. The van der Waals surface area contributed by atoms with E-state index < -0.39 is 0 Å². The zero-order valence-electron chi connectivity index (χ0n) is 41.2. The van der Waals surface area contributed by atoms with Gasteiger partial charge >= 0.3 is 0 Å². The molecule has 0 N–H and O–H groups in total. The summed E-state index contributed by atoms with van der Waals surface area (Å²) in [5.41, 5.74) is 0. The van der Waals surface area contributed by atoms with Crippen molar-refractivity contribution in [1.82, 2.24) is 19.6 Å². The van der Waals surface area contributed by atoms with Crippen LogP contribution in [0.25, 0.3) is 0 Å². The normalized spacial score (nSPS) is 21.5. The molecule has 0 radical (unpaired) electrons. The maximum absolute atomic E-state index is 2.60. The summed E-state index contributed by atoms with van der Waals surface area (Å²) in [6, 6.07) is 3.01. The largest absolute Gasteiger partial charge is 0.301 e. The lowest BCUT2D eigenvalue weighted by Gasteiger charge is -2.44. The zero-order valence-corrected chi connectivity index (χ0v) is 41.2. The van der Waals surface area contributed by atoms with Crippen LogP contribution >= 0.6 is 0 Å². The molecule has 52 heavy (non-hydrogen) atoms. The molecule has 4 aliphatic rings. The predicted molar refractivity (Wildman–Crippen MR) is 244 cm³/mol. The van der Waals surface area contributed by atoms with Crippen molar-refractivity contribution in [2.75, 3.05) is 52.4 Å². The van der Waals surface area contributed by atoms with E-state index in [0.717, 1.165) is 71.5 Å². The van der Waals surface area contributed by atoms with Crippen molar-refractivity contribution in [3.63, 3.8) is 0 Å². The fourth-order valence-corrected chi connectivity index (χ4v) is 7.15. The van der Waals surface area contributed by atoms with Gasteiger partial charge in [-0.1, -0.05) is 111 Å². The molecule has 0 aromatic heterocycles. The quantitative estimate of drug-likeness (QED) is 0.246. The first-order valence-corrected chi connectivity index (χ1v) is 23.4. The molecule has 2 atom stereocenters. The number of rotatable bonds is 8. The number of piperidine rings is 1. The number of hydrogen-bond donors (Lipinski definition) is 0. The maximum Gasteiger partial charge on any atom is 0.00388 e. The smallest absolute Gasteiger partial charge is 0.00388 e. The fraction of sp³-hybridized carbons (Fsp3) is 1.00. The van der Waals surface area contributed by atoms with E-state index >= 15 is 0 Å². The lowest BCUT2D eigenvalue weighted by Crippen LogP contribution is -2.51. The van der Waals surface area contributed by atoms with Gasteiger partial charge in [-0.2, -0.15) is 0 Å². The summed E-state index contributed by atoms with van der Waals surface area (Å²) in [4.78, 5) is 10.3. The standard InChI is InChI=1S/C11H23N.2C10H21N.C9H19N.4C2H6/c1-9(2)11-5-7-12(8-6-11)10(3)4;2*1-8(2)10-5-6-11(7-10)9(3)4;1-7(2)9-5-10(6-9)8(3)4;4*1-2/h9-11H,5-8H2,1-4H3;2*8-10H,5-7H2,1-4H3;7-9H,5-6H2,1-4H3;4*1-2H3/t;10-;;;;;;/m.0....../s1. The molecule has 0 aromatic rings. The molecule has 4 heterocycles. The second kappa shape index (κ2) is 35.3. The van der Waals surface area contributed by atoms with Crippen molar-refractivity contribution in [2.45, 2.75) is 216 Å². The Bertz CT molecular complexity index is 613. The van der Waals surface area contributed by atoms with E-state index in [4.69, 9.17) is 0 Å². The highest BCUT2D eigenvalue weighted by molar-refractivity contribution is 4.84. The molecule has 0 spiro atoms. The predicted octanol–water partition coefficient (Wildman–Crippen LogP) is 13.6. The van der Waals surface area contributed by atoms with Crippen molar-refractivity contribution in [2.24, 2.45) is 47.3 Å². The van der Waals surface area contributed by atoms with Crippen molar-refractivity contribution in [1.29, 1.82) is 0 Å².